The molecule has 3 heteroatoms. The molecule has 0 amide bonds. The van der Waals surface area contributed by atoms with Gasteiger partial charge < -0.3 is 4.90 Å². The van der Waals surface area contributed by atoms with Crippen molar-refractivity contribution in [1.29, 1.82) is 0 Å². The largest absolute Gasteiger partial charge is 0.370 e. The predicted molar refractivity (Wildman–Crippen MR) is 62.9 cm³/mol. The monoisotopic (exact) mass is 223 g/mol. The van der Waals surface area contributed by atoms with Crippen LogP contribution >= 0.6 is 11.6 Å². The van der Waals surface area contributed by atoms with Gasteiger partial charge in [0, 0.05) is 18.7 Å². The number of anilines is 1. The van der Waals surface area contributed by atoms with Crippen molar-refractivity contribution in [3.8, 4) is 0 Å². The van der Waals surface area contributed by atoms with Gasteiger partial charge in [0.2, 0.25) is 0 Å². The fourth-order valence-corrected chi connectivity index (χ4v) is 2.18. The van der Waals surface area contributed by atoms with Gasteiger partial charge in [-0.2, -0.15) is 0 Å². The first-order chi connectivity index (χ1) is 7.22. The Morgan fingerprint density at radius 2 is 2.20 bits per heavy atom. The Labute approximate surface area is 94.8 Å². The molecular formula is C12H14ClNO. The number of benzene rings is 1. The number of carbonyl (C=O) groups excluding carboxylic acids is 1. The van der Waals surface area contributed by atoms with E-state index in [2.05, 4.69) is 11.9 Å². The summed E-state index contributed by atoms with van der Waals surface area (Å²) in [6, 6.07) is 6.07. The van der Waals surface area contributed by atoms with Gasteiger partial charge in [-0.1, -0.05) is 11.6 Å². The molecule has 0 saturated heterocycles. The summed E-state index contributed by atoms with van der Waals surface area (Å²) in [5, 5.41) is 0.661. The topological polar surface area (TPSA) is 20.3 Å². The molecule has 0 aromatic heterocycles. The zero-order chi connectivity index (χ0) is 10.8. The molecule has 0 N–H and O–H groups in total. The second-order valence-corrected chi connectivity index (χ2v) is 4.43. The van der Waals surface area contributed by atoms with Crippen LogP contribution in [0.5, 0.6) is 0 Å². The summed E-state index contributed by atoms with van der Waals surface area (Å²) in [5.41, 5.74) is 1.65. The summed E-state index contributed by atoms with van der Waals surface area (Å²) in [5.74, 6) is 0. The number of aldehydes is 1. The molecule has 1 aromatic rings. The first kappa shape index (κ1) is 10.5. The zero-order valence-electron chi connectivity index (χ0n) is 8.74. The quantitative estimate of drug-likeness (QED) is 0.734. The average Bonchev–Trinajstić information content (AvgIpc) is 2.14. The first-order valence-electron chi connectivity index (χ1n) is 5.20. The molecule has 0 heterocycles. The lowest BCUT2D eigenvalue weighted by Gasteiger charge is -2.36. The van der Waals surface area contributed by atoms with Crippen LogP contribution in [0.3, 0.4) is 0 Å². The number of hydrogen-bond acceptors (Lipinski definition) is 2. The molecule has 0 atom stereocenters. The lowest BCUT2D eigenvalue weighted by Crippen LogP contribution is -2.37. The van der Waals surface area contributed by atoms with Crippen LogP contribution in [0.25, 0.3) is 0 Å². The standard InChI is InChI=1S/C12H14ClNO/c1-14(10-3-2-4-10)12-6-5-9(8-15)7-11(12)13/h5-8,10H,2-4H2,1H3. The molecule has 1 aliphatic carbocycles. The molecule has 1 saturated carbocycles. The molecule has 80 valence electrons. The molecular weight excluding hydrogens is 210 g/mol. The lowest BCUT2D eigenvalue weighted by atomic mass is 9.91. The fourth-order valence-electron chi connectivity index (χ4n) is 1.85. The van der Waals surface area contributed by atoms with Crippen molar-refractivity contribution >= 4 is 23.6 Å². The maximum atomic E-state index is 10.6. The van der Waals surface area contributed by atoms with Crippen LogP contribution in [0.15, 0.2) is 18.2 Å². The fraction of sp³-hybridized carbons (Fsp3) is 0.417. The van der Waals surface area contributed by atoms with Crippen LogP contribution < -0.4 is 4.90 Å². The maximum Gasteiger partial charge on any atom is 0.150 e. The van der Waals surface area contributed by atoms with Crippen LogP contribution in [0.2, 0.25) is 5.02 Å². The highest BCUT2D eigenvalue weighted by molar-refractivity contribution is 6.33. The van der Waals surface area contributed by atoms with Gasteiger partial charge in [0.25, 0.3) is 0 Å². The van der Waals surface area contributed by atoms with Gasteiger partial charge in [-0.15, -0.1) is 0 Å². The van der Waals surface area contributed by atoms with Crippen molar-refractivity contribution in [3.05, 3.63) is 28.8 Å². The summed E-state index contributed by atoms with van der Waals surface area (Å²) >= 11 is 6.13. The van der Waals surface area contributed by atoms with Crippen LogP contribution in [-0.2, 0) is 0 Å². The van der Waals surface area contributed by atoms with Crippen molar-refractivity contribution < 1.29 is 4.79 Å². The highest BCUT2D eigenvalue weighted by Gasteiger charge is 2.23. The van der Waals surface area contributed by atoms with Gasteiger partial charge in [0.05, 0.1) is 10.7 Å². The smallest absolute Gasteiger partial charge is 0.150 e. The Kier molecular flexibility index (Phi) is 2.96. The third kappa shape index (κ3) is 2.00. The minimum absolute atomic E-state index is 0.615. The minimum Gasteiger partial charge on any atom is -0.370 e. The van der Waals surface area contributed by atoms with Gasteiger partial charge in [-0.3, -0.25) is 4.79 Å². The van der Waals surface area contributed by atoms with Crippen molar-refractivity contribution in [2.45, 2.75) is 25.3 Å². The van der Waals surface area contributed by atoms with E-state index in [9.17, 15) is 4.79 Å². The number of halogens is 1. The SMILES string of the molecule is CN(c1ccc(C=O)cc1Cl)C1CCC1. The van der Waals surface area contributed by atoms with E-state index in [0.717, 1.165) is 12.0 Å². The van der Waals surface area contributed by atoms with Crippen LogP contribution in [0.1, 0.15) is 29.6 Å². The van der Waals surface area contributed by atoms with Crippen LogP contribution in [0.4, 0.5) is 5.69 Å². The normalized spacial score (nSPS) is 15.9. The number of carbonyl (C=O) groups is 1. The van der Waals surface area contributed by atoms with Crippen LogP contribution in [-0.4, -0.2) is 19.4 Å². The first-order valence-corrected chi connectivity index (χ1v) is 5.57. The third-order valence-corrected chi connectivity index (χ3v) is 3.41. The van der Waals surface area contributed by atoms with Gasteiger partial charge >= 0.3 is 0 Å². The number of hydrogen-bond donors (Lipinski definition) is 0. The van der Waals surface area contributed by atoms with Gasteiger partial charge in [0.1, 0.15) is 6.29 Å². The molecule has 2 nitrogen and oxygen atoms in total. The Balaban J connectivity index is 2.23. The number of rotatable bonds is 3. The molecule has 0 bridgehead atoms. The van der Waals surface area contributed by atoms with E-state index >= 15 is 0 Å². The van der Waals surface area contributed by atoms with Crippen molar-refractivity contribution in [2.24, 2.45) is 0 Å². The minimum atomic E-state index is 0.615. The average molecular weight is 224 g/mol. The van der Waals surface area contributed by atoms with E-state index in [0.29, 0.717) is 16.6 Å². The highest BCUT2D eigenvalue weighted by atomic mass is 35.5. The molecule has 0 spiro atoms. The molecule has 15 heavy (non-hydrogen) atoms. The summed E-state index contributed by atoms with van der Waals surface area (Å²) in [4.78, 5) is 12.8. The van der Waals surface area contributed by atoms with Crippen molar-refractivity contribution in [1.82, 2.24) is 0 Å². The Bertz CT molecular complexity index is 374. The summed E-state index contributed by atoms with van der Waals surface area (Å²) in [7, 11) is 2.06. The molecule has 2 rings (SSSR count). The van der Waals surface area contributed by atoms with E-state index in [4.69, 9.17) is 11.6 Å². The molecule has 0 unspecified atom stereocenters. The third-order valence-electron chi connectivity index (χ3n) is 3.11. The predicted octanol–water partition coefficient (Wildman–Crippen LogP) is 3.14. The summed E-state index contributed by atoms with van der Waals surface area (Å²) in [6.07, 6.45) is 4.60. The van der Waals surface area contributed by atoms with E-state index in [-0.39, 0.29) is 0 Å². The van der Waals surface area contributed by atoms with Gasteiger partial charge in [0.15, 0.2) is 0 Å². The van der Waals surface area contributed by atoms with Crippen molar-refractivity contribution in [3.63, 3.8) is 0 Å². The second kappa shape index (κ2) is 4.23. The maximum absolute atomic E-state index is 10.6. The van der Waals surface area contributed by atoms with Crippen LogP contribution in [0, 0.1) is 0 Å². The van der Waals surface area contributed by atoms with E-state index < -0.39 is 0 Å². The summed E-state index contributed by atoms with van der Waals surface area (Å²) < 4.78 is 0. The second-order valence-electron chi connectivity index (χ2n) is 4.02. The highest BCUT2D eigenvalue weighted by Crippen LogP contribution is 2.32. The van der Waals surface area contributed by atoms with Crippen molar-refractivity contribution in [2.75, 3.05) is 11.9 Å². The lowest BCUT2D eigenvalue weighted by molar-refractivity contribution is 0.112. The van der Waals surface area contributed by atoms with Gasteiger partial charge in [-0.05, 0) is 37.5 Å². The molecule has 1 aromatic carbocycles. The Morgan fingerprint density at radius 3 is 2.67 bits per heavy atom. The molecule has 0 radical (unpaired) electrons. The zero-order valence-corrected chi connectivity index (χ0v) is 9.50. The molecule has 0 aliphatic heterocycles. The van der Waals surface area contributed by atoms with E-state index in [1.165, 1.54) is 19.3 Å². The van der Waals surface area contributed by atoms with E-state index in [1.807, 2.05) is 12.1 Å². The molecule has 1 fully saturated rings. The number of nitrogens with zero attached hydrogens (tertiary/aromatic N) is 1. The molecule has 1 aliphatic rings. The summed E-state index contributed by atoms with van der Waals surface area (Å²) in [6.45, 7) is 0. The Hall–Kier alpha value is -1.02. The van der Waals surface area contributed by atoms with Gasteiger partial charge in [-0.25, -0.2) is 0 Å². The Morgan fingerprint density at radius 1 is 1.47 bits per heavy atom. The van der Waals surface area contributed by atoms with E-state index in [1.54, 1.807) is 6.07 Å².